The highest BCUT2D eigenvalue weighted by Crippen LogP contribution is 2.40. The van der Waals surface area contributed by atoms with Crippen LogP contribution in [0, 0.1) is 5.92 Å². The van der Waals surface area contributed by atoms with Gasteiger partial charge < -0.3 is 10.1 Å². The molecule has 1 aliphatic heterocycles. The Hall–Kier alpha value is -2.35. The molecule has 0 saturated carbocycles. The van der Waals surface area contributed by atoms with E-state index in [1.807, 2.05) is 38.4 Å². The molecule has 0 aliphatic carbocycles. The second-order valence-corrected chi connectivity index (χ2v) is 11.2. The standard InChI is InChI=1S/C28H39ClN2O4S/c1-5-22(12-15-28(32)35-6-2)27-21-24(29)13-14-26(27)25(11-9-7-8-10-18-30-3)23-16-19-31(20-17-23)36(4,33)34/h5,7,9-10,12-15,18,21,23,25,30H,6,8,11,16-17,19-20H2,1-4H3/b9-7-,15-12+,18-10-,22-5-. The van der Waals surface area contributed by atoms with Crippen molar-refractivity contribution in [1.82, 2.24) is 9.62 Å². The van der Waals surface area contributed by atoms with Crippen LogP contribution in [0.25, 0.3) is 5.57 Å². The first-order valence-corrected chi connectivity index (χ1v) is 14.7. The van der Waals surface area contributed by atoms with Crippen molar-refractivity contribution in [3.05, 3.63) is 77.0 Å². The molecule has 2 rings (SSSR count). The molecule has 1 heterocycles. The van der Waals surface area contributed by atoms with Crippen molar-refractivity contribution in [2.45, 2.75) is 45.4 Å². The highest BCUT2D eigenvalue weighted by molar-refractivity contribution is 7.88. The number of sulfonamides is 1. The number of nitrogens with zero attached hydrogens (tertiary/aromatic N) is 1. The van der Waals surface area contributed by atoms with Crippen molar-refractivity contribution < 1.29 is 17.9 Å². The minimum absolute atomic E-state index is 0.175. The second-order valence-electron chi connectivity index (χ2n) is 8.80. The fourth-order valence-corrected chi connectivity index (χ4v) is 5.62. The van der Waals surface area contributed by atoms with Gasteiger partial charge in [0.2, 0.25) is 10.0 Å². The minimum Gasteiger partial charge on any atom is -0.463 e. The number of piperidine rings is 1. The van der Waals surface area contributed by atoms with Crippen molar-refractivity contribution in [3.8, 4) is 0 Å². The molecule has 1 aromatic rings. The molecule has 1 atom stereocenters. The van der Waals surface area contributed by atoms with Gasteiger partial charge in [-0.2, -0.15) is 0 Å². The molecule has 1 unspecified atom stereocenters. The molecule has 0 bridgehead atoms. The Morgan fingerprint density at radius 1 is 1.22 bits per heavy atom. The second kappa shape index (κ2) is 15.0. The third kappa shape index (κ3) is 9.26. The van der Waals surface area contributed by atoms with Crippen LogP contribution < -0.4 is 5.32 Å². The number of carbonyl (C=O) groups is 1. The fourth-order valence-electron chi connectivity index (χ4n) is 4.58. The largest absolute Gasteiger partial charge is 0.463 e. The number of ether oxygens (including phenoxy) is 1. The van der Waals surface area contributed by atoms with Crippen molar-refractivity contribution in [3.63, 3.8) is 0 Å². The summed E-state index contributed by atoms with van der Waals surface area (Å²) in [6.45, 7) is 5.08. The number of allylic oxidation sites excluding steroid dienone is 6. The summed E-state index contributed by atoms with van der Waals surface area (Å²) < 4.78 is 30.7. The van der Waals surface area contributed by atoms with Gasteiger partial charge in [-0.05, 0) is 92.5 Å². The number of benzene rings is 1. The lowest BCUT2D eigenvalue weighted by atomic mass is 9.76. The van der Waals surface area contributed by atoms with E-state index in [0.717, 1.165) is 42.4 Å². The maximum Gasteiger partial charge on any atom is 0.330 e. The van der Waals surface area contributed by atoms with E-state index in [1.54, 1.807) is 17.3 Å². The van der Waals surface area contributed by atoms with Gasteiger partial charge in [-0.15, -0.1) is 0 Å². The Balaban J connectivity index is 2.41. The van der Waals surface area contributed by atoms with E-state index in [4.69, 9.17) is 16.3 Å². The lowest BCUT2D eigenvalue weighted by Crippen LogP contribution is -2.39. The smallest absolute Gasteiger partial charge is 0.330 e. The molecule has 8 heteroatoms. The zero-order valence-corrected chi connectivity index (χ0v) is 23.3. The third-order valence-corrected chi connectivity index (χ3v) is 7.91. The molecule has 1 aromatic carbocycles. The van der Waals surface area contributed by atoms with Crippen LogP contribution in [-0.2, 0) is 19.6 Å². The summed E-state index contributed by atoms with van der Waals surface area (Å²) in [5, 5.41) is 3.62. The summed E-state index contributed by atoms with van der Waals surface area (Å²) in [6, 6.07) is 5.92. The maximum atomic E-state index is 12.1. The van der Waals surface area contributed by atoms with Crippen LogP contribution >= 0.6 is 11.6 Å². The minimum atomic E-state index is -3.19. The molecular formula is C28H39ClN2O4S. The topological polar surface area (TPSA) is 75.7 Å². The van der Waals surface area contributed by atoms with E-state index in [0.29, 0.717) is 30.6 Å². The van der Waals surface area contributed by atoms with Crippen molar-refractivity contribution in [2.24, 2.45) is 5.92 Å². The summed E-state index contributed by atoms with van der Waals surface area (Å²) in [4.78, 5) is 12.0. The zero-order chi connectivity index (χ0) is 26.6. The van der Waals surface area contributed by atoms with Gasteiger partial charge in [-0.3, -0.25) is 0 Å². The van der Waals surface area contributed by atoms with Crippen LogP contribution in [0.15, 0.2) is 60.9 Å². The van der Waals surface area contributed by atoms with Crippen LogP contribution in [0.3, 0.4) is 0 Å². The van der Waals surface area contributed by atoms with E-state index in [9.17, 15) is 13.2 Å². The highest BCUT2D eigenvalue weighted by Gasteiger charge is 2.31. The Morgan fingerprint density at radius 2 is 1.94 bits per heavy atom. The lowest BCUT2D eigenvalue weighted by molar-refractivity contribution is -0.137. The first kappa shape index (κ1) is 29.9. The summed E-state index contributed by atoms with van der Waals surface area (Å²) in [6.07, 6.45) is 18.0. The number of carbonyl (C=O) groups excluding carboxylic acids is 1. The number of nitrogens with one attached hydrogen (secondary N) is 1. The Bertz CT molecular complexity index is 1080. The van der Waals surface area contributed by atoms with Gasteiger partial charge in [0, 0.05) is 31.2 Å². The Kier molecular flexibility index (Phi) is 12.5. The number of hydrogen-bond acceptors (Lipinski definition) is 5. The van der Waals surface area contributed by atoms with Crippen LogP contribution in [0.1, 0.15) is 56.6 Å². The van der Waals surface area contributed by atoms with E-state index < -0.39 is 10.0 Å². The molecule has 1 aliphatic rings. The summed E-state index contributed by atoms with van der Waals surface area (Å²) in [5.41, 5.74) is 3.01. The van der Waals surface area contributed by atoms with Crippen molar-refractivity contribution in [2.75, 3.05) is 33.0 Å². The van der Waals surface area contributed by atoms with Gasteiger partial charge in [0.05, 0.1) is 12.9 Å². The van der Waals surface area contributed by atoms with Gasteiger partial charge in [0.25, 0.3) is 0 Å². The highest BCUT2D eigenvalue weighted by atomic mass is 35.5. The fraction of sp³-hybridized carbons (Fsp3) is 0.464. The number of esters is 1. The molecule has 0 spiro atoms. The van der Waals surface area contributed by atoms with Gasteiger partial charge in [0.1, 0.15) is 0 Å². The predicted molar refractivity (Wildman–Crippen MR) is 149 cm³/mol. The van der Waals surface area contributed by atoms with Crippen molar-refractivity contribution in [1.29, 1.82) is 0 Å². The van der Waals surface area contributed by atoms with Crippen LogP contribution in [0.2, 0.25) is 5.02 Å². The van der Waals surface area contributed by atoms with Gasteiger partial charge >= 0.3 is 5.97 Å². The van der Waals surface area contributed by atoms with Crippen LogP contribution in [0.5, 0.6) is 0 Å². The lowest BCUT2D eigenvalue weighted by Gasteiger charge is -2.36. The van der Waals surface area contributed by atoms with E-state index >= 15 is 0 Å². The summed E-state index contributed by atoms with van der Waals surface area (Å²) in [5.74, 6) is 0.102. The molecule has 1 saturated heterocycles. The van der Waals surface area contributed by atoms with Crippen LogP contribution in [0.4, 0.5) is 0 Å². The molecule has 1 fully saturated rings. The summed E-state index contributed by atoms with van der Waals surface area (Å²) in [7, 11) is -1.32. The SMILES string of the molecule is C/C=C(/C=C/C(=O)OCC)c1cc(Cl)ccc1C(C/C=C\C/C=C\NC)C1CCN(S(C)(=O)=O)CC1. The van der Waals surface area contributed by atoms with Crippen LogP contribution in [-0.4, -0.2) is 51.7 Å². The maximum absolute atomic E-state index is 12.1. The quantitative estimate of drug-likeness (QED) is 0.161. The molecule has 0 amide bonds. The van der Waals surface area contributed by atoms with E-state index in [1.165, 1.54) is 12.3 Å². The van der Waals surface area contributed by atoms with Crippen molar-refractivity contribution >= 4 is 33.2 Å². The first-order valence-electron chi connectivity index (χ1n) is 12.4. The molecule has 198 valence electrons. The van der Waals surface area contributed by atoms with E-state index in [-0.39, 0.29) is 11.9 Å². The molecule has 0 radical (unpaired) electrons. The molecule has 36 heavy (non-hydrogen) atoms. The molecule has 6 nitrogen and oxygen atoms in total. The third-order valence-electron chi connectivity index (χ3n) is 6.37. The Morgan fingerprint density at radius 3 is 2.56 bits per heavy atom. The zero-order valence-electron chi connectivity index (χ0n) is 21.7. The normalized spacial score (nSPS) is 17.3. The predicted octanol–water partition coefficient (Wildman–Crippen LogP) is 5.69. The first-order chi connectivity index (χ1) is 17.2. The number of halogens is 1. The van der Waals surface area contributed by atoms with Gasteiger partial charge in [0.15, 0.2) is 0 Å². The Labute approximate surface area is 221 Å². The number of rotatable bonds is 12. The number of hydrogen-bond donors (Lipinski definition) is 1. The average Bonchev–Trinajstić information content (AvgIpc) is 2.84. The molecule has 0 aromatic heterocycles. The molecular weight excluding hydrogens is 496 g/mol. The molecule has 1 N–H and O–H groups in total. The summed E-state index contributed by atoms with van der Waals surface area (Å²) >= 11 is 6.42. The van der Waals surface area contributed by atoms with E-state index in [2.05, 4.69) is 29.6 Å². The monoisotopic (exact) mass is 534 g/mol. The van der Waals surface area contributed by atoms with Gasteiger partial charge in [-0.25, -0.2) is 17.5 Å². The van der Waals surface area contributed by atoms with Gasteiger partial charge in [-0.1, -0.05) is 42.0 Å². The average molecular weight is 535 g/mol.